The van der Waals surface area contributed by atoms with Gasteiger partial charge < -0.3 is 9.47 Å². The van der Waals surface area contributed by atoms with Crippen molar-refractivity contribution in [1.29, 1.82) is 5.26 Å². The van der Waals surface area contributed by atoms with Gasteiger partial charge in [0.1, 0.15) is 0 Å². The van der Waals surface area contributed by atoms with Gasteiger partial charge in [0.25, 0.3) is 6.40 Å². The fraction of sp³-hybridized carbons (Fsp3) is 0.625. The first-order valence-electron chi connectivity index (χ1n) is 4.01. The number of ether oxygens (including phenoxy) is 2. The van der Waals surface area contributed by atoms with Crippen LogP contribution in [0.5, 0.6) is 0 Å². The van der Waals surface area contributed by atoms with Gasteiger partial charge in [-0.1, -0.05) is 0 Å². The Morgan fingerprint density at radius 3 is 2.69 bits per heavy atom. The molecular weight excluding hydrogens is 172 g/mol. The lowest BCUT2D eigenvalue weighted by Crippen LogP contribution is -2.20. The van der Waals surface area contributed by atoms with Crippen molar-refractivity contribution in [1.82, 2.24) is 0 Å². The minimum atomic E-state index is -0.444. The number of hydrogen-bond acceptors (Lipinski definition) is 4. The number of hydrogen-bond donors (Lipinski definition) is 0. The molecule has 0 unspecified atom stereocenters. The van der Waals surface area contributed by atoms with E-state index < -0.39 is 5.97 Å². The Labute approximate surface area is 77.2 Å². The number of rotatable bonds is 5. The van der Waals surface area contributed by atoms with Crippen LogP contribution in [0.15, 0.2) is 0 Å². The molecule has 0 bridgehead atoms. The molecular formula is C8H13N2O3+. The highest BCUT2D eigenvalue weighted by Crippen LogP contribution is 1.80. The van der Waals surface area contributed by atoms with E-state index in [0.717, 1.165) is 4.58 Å². The molecule has 0 saturated heterocycles. The molecule has 0 saturated carbocycles. The molecule has 0 atom stereocenters. The highest BCUT2D eigenvalue weighted by Gasteiger charge is 2.09. The molecule has 0 fully saturated rings. The van der Waals surface area contributed by atoms with Crippen LogP contribution in [0.1, 0.15) is 13.8 Å². The van der Waals surface area contributed by atoms with E-state index in [-0.39, 0.29) is 6.54 Å². The van der Waals surface area contributed by atoms with Gasteiger partial charge in [-0.3, -0.25) is 0 Å². The Balaban J connectivity index is 3.99. The van der Waals surface area contributed by atoms with Crippen molar-refractivity contribution >= 4 is 12.4 Å². The minimum absolute atomic E-state index is 0.107. The summed E-state index contributed by atoms with van der Waals surface area (Å²) >= 11 is 0. The topological polar surface area (TPSA) is 62.3 Å². The SMILES string of the molecule is CCOC=[N+](C#N)CC(=O)OCC. The molecule has 0 aromatic carbocycles. The molecule has 72 valence electrons. The summed E-state index contributed by atoms with van der Waals surface area (Å²) in [5, 5.41) is 8.53. The van der Waals surface area contributed by atoms with E-state index in [9.17, 15) is 4.79 Å². The van der Waals surface area contributed by atoms with E-state index in [1.54, 1.807) is 20.0 Å². The molecule has 0 aromatic rings. The van der Waals surface area contributed by atoms with Crippen molar-refractivity contribution in [3.8, 4) is 6.19 Å². The molecule has 0 aliphatic rings. The summed E-state index contributed by atoms with van der Waals surface area (Å²) in [4.78, 5) is 10.9. The van der Waals surface area contributed by atoms with E-state index >= 15 is 0 Å². The largest absolute Gasteiger partial charge is 0.467 e. The molecule has 0 rings (SSSR count). The van der Waals surface area contributed by atoms with E-state index in [4.69, 9.17) is 10.00 Å². The van der Waals surface area contributed by atoms with Gasteiger partial charge in [0, 0.05) is 0 Å². The molecule has 0 aromatic heterocycles. The van der Waals surface area contributed by atoms with Crippen molar-refractivity contribution in [2.24, 2.45) is 0 Å². The third-order valence-corrected chi connectivity index (χ3v) is 1.10. The summed E-state index contributed by atoms with van der Waals surface area (Å²) in [6.45, 7) is 4.16. The van der Waals surface area contributed by atoms with Gasteiger partial charge in [-0.05, 0) is 13.8 Å². The monoisotopic (exact) mass is 185 g/mol. The van der Waals surface area contributed by atoms with Crippen molar-refractivity contribution < 1.29 is 18.8 Å². The second-order valence-electron chi connectivity index (χ2n) is 2.09. The summed E-state index contributed by atoms with van der Waals surface area (Å²) in [6, 6.07) is 0. The van der Waals surface area contributed by atoms with E-state index in [0.29, 0.717) is 13.2 Å². The molecule has 0 aliphatic carbocycles. The van der Waals surface area contributed by atoms with Crippen LogP contribution in [-0.4, -0.2) is 36.7 Å². The van der Waals surface area contributed by atoms with Crippen LogP contribution < -0.4 is 0 Å². The zero-order valence-electron chi connectivity index (χ0n) is 7.82. The van der Waals surface area contributed by atoms with Gasteiger partial charge in [-0.15, -0.1) is 4.58 Å². The normalized spacial score (nSPS) is 10.4. The van der Waals surface area contributed by atoms with Crippen molar-refractivity contribution in [2.75, 3.05) is 19.8 Å². The number of carbonyl (C=O) groups is 1. The Kier molecular flexibility index (Phi) is 6.24. The van der Waals surface area contributed by atoms with Crippen LogP contribution in [0.2, 0.25) is 0 Å². The maximum absolute atomic E-state index is 10.9. The van der Waals surface area contributed by atoms with Crippen molar-refractivity contribution in [2.45, 2.75) is 13.8 Å². The van der Waals surface area contributed by atoms with Crippen LogP contribution in [-0.2, 0) is 14.3 Å². The molecule has 0 radical (unpaired) electrons. The summed E-state index contributed by atoms with van der Waals surface area (Å²) in [5.41, 5.74) is 0. The second kappa shape index (κ2) is 7.10. The third kappa shape index (κ3) is 5.67. The smallest absolute Gasteiger partial charge is 0.461 e. The molecule has 0 amide bonds. The maximum Gasteiger partial charge on any atom is 0.461 e. The summed E-state index contributed by atoms with van der Waals surface area (Å²) in [5.74, 6) is -0.444. The van der Waals surface area contributed by atoms with Gasteiger partial charge in [-0.25, -0.2) is 4.79 Å². The Morgan fingerprint density at radius 1 is 1.54 bits per heavy atom. The summed E-state index contributed by atoms with van der Waals surface area (Å²) < 4.78 is 10.6. The number of nitrogens with zero attached hydrogens (tertiary/aromatic N) is 2. The Bertz CT molecular complexity index is 230. The molecule has 0 aliphatic heterocycles. The fourth-order valence-corrected chi connectivity index (χ4v) is 0.606. The maximum atomic E-state index is 10.9. The molecule has 0 heterocycles. The number of carbonyl (C=O) groups excluding carboxylic acids is 1. The zero-order chi connectivity index (χ0) is 10.1. The lowest BCUT2D eigenvalue weighted by Gasteiger charge is -1.98. The Hall–Kier alpha value is -1.57. The van der Waals surface area contributed by atoms with Gasteiger partial charge in [0.05, 0.1) is 13.2 Å². The van der Waals surface area contributed by atoms with Crippen molar-refractivity contribution in [3.05, 3.63) is 0 Å². The van der Waals surface area contributed by atoms with Gasteiger partial charge in [0.2, 0.25) is 0 Å². The first-order valence-corrected chi connectivity index (χ1v) is 4.01. The first kappa shape index (κ1) is 11.4. The van der Waals surface area contributed by atoms with Crippen LogP contribution in [0.25, 0.3) is 0 Å². The predicted octanol–water partition coefficient (Wildman–Crippen LogP) is 0.108. The first-order chi connectivity index (χ1) is 6.24. The van der Waals surface area contributed by atoms with Crippen LogP contribution >= 0.6 is 0 Å². The predicted molar refractivity (Wildman–Crippen MR) is 45.1 cm³/mol. The zero-order valence-corrected chi connectivity index (χ0v) is 7.82. The highest BCUT2D eigenvalue weighted by molar-refractivity contribution is 5.70. The fourth-order valence-electron chi connectivity index (χ4n) is 0.606. The van der Waals surface area contributed by atoms with Gasteiger partial charge in [0.15, 0.2) is 11.8 Å². The van der Waals surface area contributed by atoms with Gasteiger partial charge in [-0.2, -0.15) is 0 Å². The third-order valence-electron chi connectivity index (χ3n) is 1.10. The van der Waals surface area contributed by atoms with Crippen LogP contribution in [0.4, 0.5) is 0 Å². The second-order valence-corrected chi connectivity index (χ2v) is 2.09. The molecule has 5 nitrogen and oxygen atoms in total. The number of esters is 1. The Morgan fingerprint density at radius 2 is 2.23 bits per heavy atom. The lowest BCUT2D eigenvalue weighted by molar-refractivity contribution is -0.434. The van der Waals surface area contributed by atoms with E-state index in [2.05, 4.69) is 4.74 Å². The summed E-state index contributed by atoms with van der Waals surface area (Å²) in [7, 11) is 0. The average molecular weight is 185 g/mol. The highest BCUT2D eigenvalue weighted by atomic mass is 16.5. The quantitative estimate of drug-likeness (QED) is 0.152. The lowest BCUT2D eigenvalue weighted by atomic mass is 10.6. The number of nitriles is 1. The van der Waals surface area contributed by atoms with Gasteiger partial charge >= 0.3 is 12.2 Å². The van der Waals surface area contributed by atoms with Crippen LogP contribution in [0.3, 0.4) is 0 Å². The molecule has 13 heavy (non-hydrogen) atoms. The van der Waals surface area contributed by atoms with E-state index in [1.165, 1.54) is 6.40 Å². The summed E-state index contributed by atoms with van der Waals surface area (Å²) in [6.07, 6.45) is 2.98. The van der Waals surface area contributed by atoms with E-state index in [1.807, 2.05) is 0 Å². The van der Waals surface area contributed by atoms with Crippen LogP contribution in [0, 0.1) is 11.5 Å². The standard InChI is InChI=1S/C8H13N2O3/c1-3-12-7-10(6-9)5-8(11)13-4-2/h7H,3-5H2,1-2H3/q+1. The average Bonchev–Trinajstić information content (AvgIpc) is 2.12. The molecule has 0 N–H and O–H groups in total. The minimum Gasteiger partial charge on any atom is -0.467 e. The molecule has 5 heteroatoms. The molecule has 0 spiro atoms. The van der Waals surface area contributed by atoms with Crippen molar-refractivity contribution in [3.63, 3.8) is 0 Å².